The Labute approximate surface area is 103 Å². The fourth-order valence-corrected chi connectivity index (χ4v) is 9.29. The zero-order chi connectivity index (χ0) is 13.9. The minimum Gasteiger partial charge on any atom is -0.267 e. The number of nitrogens with one attached hydrogen (secondary N) is 2. The molecule has 0 aliphatic carbocycles. The standard InChI is InChI=1S/C8H20F2N3OPSi2/c1-7-16(3,4)11-15(14,13(9)10)12-17(5,6)8-2/h7-8H,1-2H2,3-6H3,(H2,11,12,14). The summed E-state index contributed by atoms with van der Waals surface area (Å²) in [6, 6.07) is 0. The second-order valence-corrected chi connectivity index (χ2v) is 15.8. The van der Waals surface area contributed by atoms with E-state index in [1.807, 2.05) is 0 Å². The molecule has 0 aliphatic heterocycles. The van der Waals surface area contributed by atoms with Crippen molar-refractivity contribution in [3.63, 3.8) is 0 Å². The maximum atomic E-state index is 12.8. The van der Waals surface area contributed by atoms with Gasteiger partial charge in [0, 0.05) is 0 Å². The van der Waals surface area contributed by atoms with E-state index in [2.05, 4.69) is 22.7 Å². The molecule has 0 aromatic heterocycles. The summed E-state index contributed by atoms with van der Waals surface area (Å²) in [7, 11) is -8.75. The molecule has 0 saturated carbocycles. The molecular weight excluding hydrogens is 279 g/mol. The first kappa shape index (κ1) is 16.9. The highest BCUT2D eigenvalue weighted by molar-refractivity contribution is 7.61. The molecular formula is C8H20F2N3OPSi2. The van der Waals surface area contributed by atoms with Gasteiger partial charge in [0.05, 0.1) is 0 Å². The van der Waals surface area contributed by atoms with Gasteiger partial charge in [-0.25, -0.2) is 0 Å². The molecule has 0 rings (SSSR count). The Morgan fingerprint density at radius 1 is 1.06 bits per heavy atom. The highest BCUT2D eigenvalue weighted by Crippen LogP contribution is 2.45. The van der Waals surface area contributed by atoms with E-state index in [9.17, 15) is 13.5 Å². The van der Waals surface area contributed by atoms with Gasteiger partial charge in [-0.05, 0) is 0 Å². The molecule has 0 saturated heterocycles. The van der Waals surface area contributed by atoms with Gasteiger partial charge >= 0.3 is 7.59 Å². The summed E-state index contributed by atoms with van der Waals surface area (Å²) in [5.74, 6) is 0. The number of hydrogen-bond acceptors (Lipinski definition) is 1. The second kappa shape index (κ2) is 5.68. The van der Waals surface area contributed by atoms with Gasteiger partial charge in [0.15, 0.2) is 16.5 Å². The third-order valence-corrected chi connectivity index (χ3v) is 11.6. The molecule has 0 fully saturated rings. The first-order valence-corrected chi connectivity index (χ1v) is 12.9. The third-order valence-electron chi connectivity index (χ3n) is 2.11. The van der Waals surface area contributed by atoms with E-state index in [0.29, 0.717) is 0 Å². The minimum absolute atomic E-state index is 1.26. The van der Waals surface area contributed by atoms with Crippen LogP contribution in [-0.4, -0.2) is 21.6 Å². The highest BCUT2D eigenvalue weighted by atomic mass is 31.2. The Hall–Kier alpha value is -0.116. The monoisotopic (exact) mass is 299 g/mol. The lowest BCUT2D eigenvalue weighted by Gasteiger charge is -2.32. The van der Waals surface area contributed by atoms with Crippen molar-refractivity contribution in [3.05, 3.63) is 24.6 Å². The minimum atomic E-state index is -4.09. The molecule has 0 unspecified atom stereocenters. The van der Waals surface area contributed by atoms with E-state index in [-0.39, 0.29) is 0 Å². The van der Waals surface area contributed by atoms with Crippen molar-refractivity contribution in [2.45, 2.75) is 26.2 Å². The molecule has 4 nitrogen and oxygen atoms in total. The molecule has 0 atom stereocenters. The van der Waals surface area contributed by atoms with Crippen molar-refractivity contribution in [1.29, 1.82) is 0 Å². The SMILES string of the molecule is C=C[Si](C)(C)NP(=O)(N[Si](C)(C)C=C)N(F)F. The summed E-state index contributed by atoms with van der Waals surface area (Å²) in [5, 5.41) is -1.26. The first-order valence-electron chi connectivity index (χ1n) is 5.06. The predicted octanol–water partition coefficient (Wildman–Crippen LogP) is 3.21. The maximum absolute atomic E-state index is 12.8. The smallest absolute Gasteiger partial charge is 0.267 e. The summed E-state index contributed by atoms with van der Waals surface area (Å²) >= 11 is 0. The van der Waals surface area contributed by atoms with Crippen LogP contribution in [0.15, 0.2) is 24.6 Å². The average Bonchev–Trinajstić information content (AvgIpc) is 2.16. The normalized spacial score (nSPS) is 13.8. The fourth-order valence-electron chi connectivity index (χ4n) is 0.976. The molecule has 0 aromatic carbocycles. The second-order valence-electron chi connectivity index (χ2n) is 4.87. The molecule has 0 heterocycles. The van der Waals surface area contributed by atoms with Crippen molar-refractivity contribution < 1.29 is 13.5 Å². The van der Waals surface area contributed by atoms with E-state index in [1.165, 1.54) is 0 Å². The van der Waals surface area contributed by atoms with Crippen LogP contribution in [0.1, 0.15) is 0 Å². The Bertz CT molecular complexity index is 324. The molecule has 0 amide bonds. The van der Waals surface area contributed by atoms with Crippen LogP contribution >= 0.6 is 7.59 Å². The Morgan fingerprint density at radius 2 is 1.35 bits per heavy atom. The van der Waals surface area contributed by atoms with Gasteiger partial charge in [-0.1, -0.05) is 46.5 Å². The van der Waals surface area contributed by atoms with Gasteiger partial charge in [0.1, 0.15) is 5.11 Å². The van der Waals surface area contributed by atoms with Gasteiger partial charge in [0.25, 0.3) is 0 Å². The molecule has 17 heavy (non-hydrogen) atoms. The van der Waals surface area contributed by atoms with Crippen LogP contribution in [0.5, 0.6) is 0 Å². The van der Waals surface area contributed by atoms with Gasteiger partial charge in [-0.2, -0.15) is 0 Å². The highest BCUT2D eigenvalue weighted by Gasteiger charge is 2.41. The van der Waals surface area contributed by atoms with Crippen LogP contribution in [0.4, 0.5) is 8.96 Å². The zero-order valence-electron chi connectivity index (χ0n) is 10.6. The lowest BCUT2D eigenvalue weighted by atomic mass is 11.3. The number of halogens is 2. The van der Waals surface area contributed by atoms with Crippen molar-refractivity contribution in [1.82, 2.24) is 14.6 Å². The summed E-state index contributed by atoms with van der Waals surface area (Å²) in [4.78, 5) is 0. The van der Waals surface area contributed by atoms with E-state index >= 15 is 0 Å². The van der Waals surface area contributed by atoms with Gasteiger partial charge in [-0.3, -0.25) is 14.1 Å². The first-order chi connectivity index (χ1) is 7.48. The maximum Gasteiger partial charge on any atom is 0.327 e. The van der Waals surface area contributed by atoms with Crippen LogP contribution in [0, 0.1) is 0 Å². The summed E-state index contributed by atoms with van der Waals surface area (Å²) in [5.41, 5.74) is 3.13. The predicted molar refractivity (Wildman–Crippen MR) is 73.3 cm³/mol. The van der Waals surface area contributed by atoms with Crippen LogP contribution in [0.2, 0.25) is 26.2 Å². The van der Waals surface area contributed by atoms with Crippen LogP contribution in [-0.2, 0) is 4.57 Å². The Kier molecular flexibility index (Phi) is 5.64. The summed E-state index contributed by atoms with van der Waals surface area (Å²) in [6.07, 6.45) is 0. The molecule has 0 aliphatic rings. The van der Waals surface area contributed by atoms with Crippen molar-refractivity contribution in [3.8, 4) is 0 Å². The molecule has 0 bridgehead atoms. The molecule has 0 spiro atoms. The van der Waals surface area contributed by atoms with Crippen molar-refractivity contribution >= 4 is 24.1 Å². The summed E-state index contributed by atoms with van der Waals surface area (Å²) < 4.78 is 42.9. The summed E-state index contributed by atoms with van der Waals surface area (Å²) in [6.45, 7) is 14.1. The average molecular weight is 299 g/mol. The van der Waals surface area contributed by atoms with E-state index in [0.717, 1.165) is 0 Å². The van der Waals surface area contributed by atoms with Gasteiger partial charge in [0.2, 0.25) is 0 Å². The molecule has 0 aromatic rings. The third kappa shape index (κ3) is 5.37. The zero-order valence-corrected chi connectivity index (χ0v) is 13.5. The quantitative estimate of drug-likeness (QED) is 0.430. The van der Waals surface area contributed by atoms with E-state index in [1.54, 1.807) is 37.6 Å². The largest absolute Gasteiger partial charge is 0.327 e. The fraction of sp³-hybridized carbons (Fsp3) is 0.500. The lowest BCUT2D eigenvalue weighted by molar-refractivity contribution is -0.0598. The van der Waals surface area contributed by atoms with Crippen molar-refractivity contribution in [2.75, 3.05) is 0 Å². The number of rotatable bonds is 7. The number of nitrogens with zero attached hydrogens (tertiary/aromatic N) is 1. The van der Waals surface area contributed by atoms with Crippen LogP contribution in [0.3, 0.4) is 0 Å². The van der Waals surface area contributed by atoms with Gasteiger partial charge < -0.3 is 0 Å². The Balaban J connectivity index is 5.14. The van der Waals surface area contributed by atoms with Crippen LogP contribution < -0.4 is 9.51 Å². The molecule has 0 radical (unpaired) electrons. The van der Waals surface area contributed by atoms with Gasteiger partial charge in [-0.15, -0.1) is 13.2 Å². The van der Waals surface area contributed by atoms with Crippen molar-refractivity contribution in [2.24, 2.45) is 0 Å². The topological polar surface area (TPSA) is 44.4 Å². The van der Waals surface area contributed by atoms with E-state index in [4.69, 9.17) is 0 Å². The molecule has 100 valence electrons. The Morgan fingerprint density at radius 3 is 1.53 bits per heavy atom. The lowest BCUT2D eigenvalue weighted by Crippen LogP contribution is -2.51. The molecule has 9 heteroatoms. The van der Waals surface area contributed by atoms with E-state index < -0.39 is 29.2 Å². The van der Waals surface area contributed by atoms with Crippen LogP contribution in [0.25, 0.3) is 0 Å². The molecule has 2 N–H and O–H groups in total. The number of hydrogen-bond donors (Lipinski definition) is 2.